The van der Waals surface area contributed by atoms with Crippen LogP contribution in [0.5, 0.6) is 0 Å². The van der Waals surface area contributed by atoms with E-state index in [0.29, 0.717) is 4.91 Å². The summed E-state index contributed by atoms with van der Waals surface area (Å²) in [5.41, 5.74) is 4.99. The molecule has 0 atom stereocenters. The molecule has 0 unspecified atom stereocenters. The van der Waals surface area contributed by atoms with E-state index in [9.17, 15) is 8.78 Å². The van der Waals surface area contributed by atoms with Crippen molar-refractivity contribution in [1.82, 2.24) is 0 Å². The fourth-order valence-electron chi connectivity index (χ4n) is 0.817. The van der Waals surface area contributed by atoms with E-state index >= 15 is 0 Å². The maximum atomic E-state index is 12.8. The lowest BCUT2D eigenvalue weighted by atomic mass is 10.1. The second-order valence-corrected chi connectivity index (χ2v) is 4.11. The summed E-state index contributed by atoms with van der Waals surface area (Å²) in [7, 11) is 0. The van der Waals surface area contributed by atoms with Crippen LogP contribution in [0.25, 0.3) is 0 Å². The van der Waals surface area contributed by atoms with Crippen LogP contribution in [0.3, 0.4) is 0 Å². The Balaban J connectivity index is 4.96. The Morgan fingerprint density at radius 1 is 1.54 bits per heavy atom. The van der Waals surface area contributed by atoms with Crippen molar-refractivity contribution in [3.63, 3.8) is 0 Å². The van der Waals surface area contributed by atoms with Crippen molar-refractivity contribution >= 4 is 11.8 Å². The van der Waals surface area contributed by atoms with Crippen LogP contribution < -0.4 is 5.73 Å². The molecule has 2 N–H and O–H groups in total. The molecule has 0 aromatic rings. The molecule has 0 spiro atoms. The normalized spacial score (nSPS) is 14.3. The highest BCUT2D eigenvalue weighted by Gasteiger charge is 2.28. The second-order valence-electron chi connectivity index (χ2n) is 3.11. The first-order valence-electron chi connectivity index (χ1n) is 3.96. The summed E-state index contributed by atoms with van der Waals surface area (Å²) in [5, 5.41) is 1.51. The molecule has 0 aliphatic heterocycles. The largest absolute Gasteiger partial charge is 0.397 e. The summed E-state index contributed by atoms with van der Waals surface area (Å²) in [5.74, 6) is -2.95. The Morgan fingerprint density at radius 3 is 2.23 bits per heavy atom. The molecule has 4 heteroatoms. The van der Waals surface area contributed by atoms with Crippen LogP contribution in [0.2, 0.25) is 0 Å². The van der Waals surface area contributed by atoms with Gasteiger partial charge in [-0.2, -0.15) is 0 Å². The van der Waals surface area contributed by atoms with Gasteiger partial charge >= 0.3 is 0 Å². The summed E-state index contributed by atoms with van der Waals surface area (Å²) in [6.07, 6.45) is 0. The molecule has 0 saturated heterocycles. The molecule has 13 heavy (non-hydrogen) atoms. The van der Waals surface area contributed by atoms with Crippen molar-refractivity contribution < 1.29 is 8.78 Å². The van der Waals surface area contributed by atoms with Crippen molar-refractivity contribution in [3.8, 4) is 0 Å². The van der Waals surface area contributed by atoms with Gasteiger partial charge in [0.05, 0.1) is 5.70 Å². The third-order valence-electron chi connectivity index (χ3n) is 1.47. The Bertz CT molecular complexity index is 216. The first kappa shape index (κ1) is 12.5. The van der Waals surface area contributed by atoms with Gasteiger partial charge in [-0.1, -0.05) is 20.4 Å². The molecule has 0 radical (unpaired) electrons. The third kappa shape index (κ3) is 3.81. The lowest BCUT2D eigenvalue weighted by molar-refractivity contribution is 0.0607. The fourth-order valence-corrected chi connectivity index (χ4v) is 1.57. The number of hydrogen-bond donors (Lipinski definition) is 1. The molecule has 0 bridgehead atoms. The van der Waals surface area contributed by atoms with Gasteiger partial charge in [0.1, 0.15) is 0 Å². The first-order valence-corrected chi connectivity index (χ1v) is 4.84. The van der Waals surface area contributed by atoms with E-state index in [-0.39, 0.29) is 11.6 Å². The molecule has 0 aromatic carbocycles. The maximum Gasteiger partial charge on any atom is 0.285 e. The second kappa shape index (κ2) is 4.65. The third-order valence-corrected chi connectivity index (χ3v) is 2.58. The summed E-state index contributed by atoms with van der Waals surface area (Å²) in [4.78, 5) is 0.488. The van der Waals surface area contributed by atoms with Crippen LogP contribution in [0.1, 0.15) is 20.8 Å². The van der Waals surface area contributed by atoms with Gasteiger partial charge in [0, 0.05) is 11.8 Å². The monoisotopic (exact) mass is 207 g/mol. The molecule has 0 heterocycles. The van der Waals surface area contributed by atoms with Gasteiger partial charge in [-0.25, -0.2) is 8.78 Å². The van der Waals surface area contributed by atoms with E-state index < -0.39 is 5.92 Å². The average Bonchev–Trinajstić information content (AvgIpc) is 1.96. The van der Waals surface area contributed by atoms with Crippen LogP contribution in [-0.4, -0.2) is 5.92 Å². The van der Waals surface area contributed by atoms with Crippen molar-refractivity contribution in [1.29, 1.82) is 0 Å². The highest BCUT2D eigenvalue weighted by atomic mass is 32.2. The number of hydrogen-bond acceptors (Lipinski definition) is 2. The van der Waals surface area contributed by atoms with Gasteiger partial charge in [0.25, 0.3) is 5.92 Å². The zero-order valence-corrected chi connectivity index (χ0v) is 8.92. The summed E-state index contributed by atoms with van der Waals surface area (Å²) >= 11 is 1.16. The summed E-state index contributed by atoms with van der Waals surface area (Å²) in [6, 6.07) is 0. The van der Waals surface area contributed by atoms with Crippen LogP contribution in [-0.2, 0) is 0 Å². The van der Waals surface area contributed by atoms with Crippen LogP contribution >= 0.6 is 11.8 Å². The van der Waals surface area contributed by atoms with E-state index in [1.165, 1.54) is 5.41 Å². The van der Waals surface area contributed by atoms with E-state index in [1.54, 1.807) is 0 Å². The number of halogens is 2. The zero-order chi connectivity index (χ0) is 10.6. The first-order chi connectivity index (χ1) is 5.80. The number of nitrogens with two attached hydrogens (primary N) is 1. The average molecular weight is 207 g/mol. The summed E-state index contributed by atoms with van der Waals surface area (Å²) in [6.45, 7) is 7.92. The van der Waals surface area contributed by atoms with Crippen molar-refractivity contribution in [2.24, 2.45) is 11.7 Å². The van der Waals surface area contributed by atoms with Crippen LogP contribution in [0, 0.1) is 5.92 Å². The quantitative estimate of drug-likeness (QED) is 0.765. The number of rotatable bonds is 4. The Morgan fingerprint density at radius 2 is 2.00 bits per heavy atom. The molecule has 1 nitrogen and oxygen atoms in total. The van der Waals surface area contributed by atoms with Gasteiger partial charge in [-0.3, -0.25) is 0 Å². The lowest BCUT2D eigenvalue weighted by Crippen LogP contribution is -2.23. The summed E-state index contributed by atoms with van der Waals surface area (Å²) < 4.78 is 25.6. The van der Waals surface area contributed by atoms with Crippen LogP contribution in [0.15, 0.2) is 22.6 Å². The maximum absolute atomic E-state index is 12.8. The Labute approximate surface area is 82.1 Å². The smallest absolute Gasteiger partial charge is 0.285 e. The zero-order valence-electron chi connectivity index (χ0n) is 8.10. The number of thioether (sulfide) groups is 1. The van der Waals surface area contributed by atoms with Gasteiger partial charge < -0.3 is 5.73 Å². The predicted molar refractivity (Wildman–Crippen MR) is 54.5 cm³/mol. The van der Waals surface area contributed by atoms with Crippen molar-refractivity contribution in [2.45, 2.75) is 26.7 Å². The molecule has 0 fully saturated rings. The highest BCUT2D eigenvalue weighted by molar-refractivity contribution is 8.05. The molecule has 0 aliphatic rings. The topological polar surface area (TPSA) is 26.0 Å². The lowest BCUT2D eigenvalue weighted by Gasteiger charge is -2.17. The van der Waals surface area contributed by atoms with Gasteiger partial charge in [-0.05, 0) is 11.3 Å². The molecular formula is C9H15F2NS. The van der Waals surface area contributed by atoms with Crippen molar-refractivity contribution in [3.05, 3.63) is 22.6 Å². The van der Waals surface area contributed by atoms with E-state index in [2.05, 4.69) is 6.58 Å². The molecule has 0 aliphatic carbocycles. The number of alkyl halides is 2. The minimum absolute atomic E-state index is 0.00572. The van der Waals surface area contributed by atoms with E-state index in [1.807, 2.05) is 13.8 Å². The highest BCUT2D eigenvalue weighted by Crippen LogP contribution is 2.32. The van der Waals surface area contributed by atoms with Gasteiger partial charge in [-0.15, -0.1) is 11.8 Å². The van der Waals surface area contributed by atoms with Gasteiger partial charge in [0.2, 0.25) is 0 Å². The standard InChI is InChI=1S/C9H15F2NS/c1-5-13-7(6(2)3)8(12)9(4,10)11/h5-6H,1,12H2,2-4H3/b8-7-. The molecule has 0 amide bonds. The molecule has 0 aromatic heterocycles. The molecular weight excluding hydrogens is 192 g/mol. The van der Waals surface area contributed by atoms with E-state index in [0.717, 1.165) is 18.7 Å². The SMILES string of the molecule is C=CS/C(=C(\N)C(C)(F)F)C(C)C. The van der Waals surface area contributed by atoms with Crippen LogP contribution in [0.4, 0.5) is 8.78 Å². The Hall–Kier alpha value is -0.510. The number of allylic oxidation sites excluding steroid dienone is 2. The molecule has 0 saturated carbocycles. The predicted octanol–water partition coefficient (Wildman–Crippen LogP) is 3.34. The Kier molecular flexibility index (Phi) is 4.47. The minimum atomic E-state index is -2.95. The van der Waals surface area contributed by atoms with E-state index in [4.69, 9.17) is 5.73 Å². The fraction of sp³-hybridized carbons (Fsp3) is 0.556. The van der Waals surface area contributed by atoms with Crippen molar-refractivity contribution in [2.75, 3.05) is 0 Å². The molecule has 76 valence electrons. The molecule has 0 rings (SSSR count). The minimum Gasteiger partial charge on any atom is -0.397 e. The van der Waals surface area contributed by atoms with Gasteiger partial charge in [0.15, 0.2) is 0 Å².